The molecule has 0 amide bonds. The van der Waals surface area contributed by atoms with Gasteiger partial charge in [-0.15, -0.1) is 0 Å². The number of aromatic amines is 1. The van der Waals surface area contributed by atoms with E-state index in [0.29, 0.717) is 0 Å². The van der Waals surface area contributed by atoms with Gasteiger partial charge in [-0.3, -0.25) is 4.79 Å². The minimum absolute atomic E-state index is 0.0232. The van der Waals surface area contributed by atoms with Gasteiger partial charge < -0.3 is 25.0 Å². The molecule has 0 saturated carbocycles. The average molecular weight is 297 g/mol. The van der Waals surface area contributed by atoms with Crippen LogP contribution in [0, 0.1) is 5.95 Å². The molecule has 2 aromatic heterocycles. The number of aliphatic hydroxyl groups is 3. The summed E-state index contributed by atoms with van der Waals surface area (Å²) in [6.07, 6.45) is -3.99. The highest BCUT2D eigenvalue weighted by atomic mass is 19.1. The fraction of sp³-hybridized carbons (Fsp3) is 0.417. The highest BCUT2D eigenvalue weighted by Crippen LogP contribution is 2.32. The molecule has 112 valence electrons. The predicted octanol–water partition coefficient (Wildman–Crippen LogP) is -1.39. The van der Waals surface area contributed by atoms with Gasteiger partial charge in [-0.05, 0) is 6.07 Å². The summed E-state index contributed by atoms with van der Waals surface area (Å²) in [6.45, 7) is -0.505. The maximum Gasteiger partial charge on any atom is 0.255 e. The van der Waals surface area contributed by atoms with Crippen molar-refractivity contribution in [2.24, 2.45) is 0 Å². The summed E-state index contributed by atoms with van der Waals surface area (Å²) in [5.41, 5.74) is -0.442. The number of fused-ring (bicyclic) bond motifs is 1. The third-order valence-corrected chi connectivity index (χ3v) is 3.41. The minimum Gasteiger partial charge on any atom is -0.394 e. The number of aliphatic hydroxyl groups excluding tert-OH is 3. The first-order valence-corrected chi connectivity index (χ1v) is 6.19. The first-order chi connectivity index (χ1) is 10.0. The Morgan fingerprint density at radius 1 is 1.38 bits per heavy atom. The fourth-order valence-corrected chi connectivity index (χ4v) is 2.34. The molecule has 0 aliphatic carbocycles. The fourth-order valence-electron chi connectivity index (χ4n) is 2.34. The molecular weight excluding hydrogens is 285 g/mol. The van der Waals surface area contributed by atoms with Crippen LogP contribution in [0.25, 0.3) is 11.2 Å². The van der Waals surface area contributed by atoms with Crippen molar-refractivity contribution in [1.82, 2.24) is 15.0 Å². The molecule has 0 aromatic carbocycles. The van der Waals surface area contributed by atoms with Crippen LogP contribution in [0.5, 0.6) is 0 Å². The van der Waals surface area contributed by atoms with Crippen molar-refractivity contribution in [2.45, 2.75) is 24.4 Å². The normalized spacial score (nSPS) is 29.1. The third kappa shape index (κ3) is 2.29. The van der Waals surface area contributed by atoms with Gasteiger partial charge in [0.1, 0.15) is 29.9 Å². The molecule has 1 aliphatic rings. The summed E-state index contributed by atoms with van der Waals surface area (Å²) >= 11 is 0. The lowest BCUT2D eigenvalue weighted by molar-refractivity contribution is -0.0231. The topological polar surface area (TPSA) is 129 Å². The Morgan fingerprint density at radius 2 is 2.14 bits per heavy atom. The van der Waals surface area contributed by atoms with Crippen LogP contribution in [0.1, 0.15) is 11.7 Å². The van der Waals surface area contributed by atoms with Crippen molar-refractivity contribution in [3.05, 3.63) is 34.1 Å². The Kier molecular flexibility index (Phi) is 3.41. The predicted molar refractivity (Wildman–Crippen MR) is 66.8 cm³/mol. The summed E-state index contributed by atoms with van der Waals surface area (Å²) in [7, 11) is 0. The van der Waals surface area contributed by atoms with Gasteiger partial charge in [-0.1, -0.05) is 0 Å². The summed E-state index contributed by atoms with van der Waals surface area (Å²) in [4.78, 5) is 21.7. The number of pyridine rings is 1. The maximum atomic E-state index is 13.1. The molecule has 3 rings (SSSR count). The summed E-state index contributed by atoms with van der Waals surface area (Å²) < 4.78 is 18.4. The van der Waals surface area contributed by atoms with Crippen LogP contribution < -0.4 is 5.56 Å². The zero-order valence-electron chi connectivity index (χ0n) is 10.6. The van der Waals surface area contributed by atoms with E-state index in [9.17, 15) is 19.4 Å². The molecule has 4 atom stereocenters. The summed E-state index contributed by atoms with van der Waals surface area (Å²) in [5, 5.41) is 28.7. The van der Waals surface area contributed by atoms with Crippen LogP contribution in [-0.2, 0) is 4.74 Å². The zero-order chi connectivity index (χ0) is 15.1. The Labute approximate surface area is 116 Å². The van der Waals surface area contributed by atoms with Crippen molar-refractivity contribution in [3.8, 4) is 0 Å². The molecule has 0 radical (unpaired) electrons. The standard InChI is InChI=1S/C12H12FN3O5/c13-7-2-14-11-5(15-7)1-4(12(20)16-11)10-9(19)8(18)6(3-17)21-10/h1-2,6,8-10,17-19H,3H2,(H,14,16,20)/t6-,8+,9+,10+/m1/s1. The Morgan fingerprint density at radius 3 is 2.81 bits per heavy atom. The number of aromatic nitrogens is 3. The van der Waals surface area contributed by atoms with E-state index >= 15 is 0 Å². The smallest absolute Gasteiger partial charge is 0.255 e. The molecule has 1 fully saturated rings. The van der Waals surface area contributed by atoms with Gasteiger partial charge in [0.05, 0.1) is 18.4 Å². The van der Waals surface area contributed by atoms with E-state index in [1.165, 1.54) is 6.07 Å². The molecular formula is C12H12FN3O5. The second-order valence-corrected chi connectivity index (χ2v) is 4.74. The van der Waals surface area contributed by atoms with E-state index in [4.69, 9.17) is 9.84 Å². The Bertz CT molecular complexity index is 736. The van der Waals surface area contributed by atoms with Gasteiger partial charge in [-0.25, -0.2) is 9.97 Å². The SMILES string of the molecule is O=c1[nH]c2ncc(F)nc2cc1[C@@H]1O[C@H](CO)[C@H](O)[C@@H]1O. The van der Waals surface area contributed by atoms with E-state index in [1.54, 1.807) is 0 Å². The van der Waals surface area contributed by atoms with Crippen molar-refractivity contribution in [1.29, 1.82) is 0 Å². The first kappa shape index (κ1) is 14.0. The molecule has 1 saturated heterocycles. The molecule has 1 aliphatic heterocycles. The molecule has 21 heavy (non-hydrogen) atoms. The molecule has 2 aromatic rings. The lowest BCUT2D eigenvalue weighted by Gasteiger charge is -2.14. The quantitative estimate of drug-likeness (QED) is 0.537. The second kappa shape index (κ2) is 5.11. The van der Waals surface area contributed by atoms with Crippen LogP contribution in [0.15, 0.2) is 17.1 Å². The molecule has 0 spiro atoms. The highest BCUT2D eigenvalue weighted by Gasteiger charge is 2.44. The van der Waals surface area contributed by atoms with Gasteiger partial charge >= 0.3 is 0 Å². The van der Waals surface area contributed by atoms with Gasteiger partial charge in [0.2, 0.25) is 5.95 Å². The molecule has 9 heteroatoms. The average Bonchev–Trinajstić information content (AvgIpc) is 2.75. The highest BCUT2D eigenvalue weighted by molar-refractivity contribution is 5.69. The van der Waals surface area contributed by atoms with Crippen LogP contribution >= 0.6 is 0 Å². The van der Waals surface area contributed by atoms with Crippen LogP contribution in [0.3, 0.4) is 0 Å². The lowest BCUT2D eigenvalue weighted by Crippen LogP contribution is -2.33. The van der Waals surface area contributed by atoms with Crippen LogP contribution in [0.4, 0.5) is 4.39 Å². The van der Waals surface area contributed by atoms with E-state index in [1.807, 2.05) is 0 Å². The number of nitrogens with zero attached hydrogens (tertiary/aromatic N) is 2. The van der Waals surface area contributed by atoms with E-state index in [0.717, 1.165) is 6.20 Å². The van der Waals surface area contributed by atoms with Gasteiger partial charge in [-0.2, -0.15) is 4.39 Å². The Balaban J connectivity index is 2.08. The van der Waals surface area contributed by atoms with Crippen molar-refractivity contribution in [3.63, 3.8) is 0 Å². The number of ether oxygens (including phenoxy) is 1. The van der Waals surface area contributed by atoms with Gasteiger partial charge in [0, 0.05) is 0 Å². The summed E-state index contributed by atoms with van der Waals surface area (Å²) in [6, 6.07) is 1.24. The summed E-state index contributed by atoms with van der Waals surface area (Å²) in [5.74, 6) is -0.818. The number of halogens is 1. The first-order valence-electron chi connectivity index (χ1n) is 6.19. The van der Waals surface area contributed by atoms with Crippen molar-refractivity contribution in [2.75, 3.05) is 6.61 Å². The zero-order valence-corrected chi connectivity index (χ0v) is 10.6. The number of rotatable bonds is 2. The van der Waals surface area contributed by atoms with Crippen molar-refractivity contribution >= 4 is 11.2 Å². The van der Waals surface area contributed by atoms with E-state index in [-0.39, 0.29) is 16.7 Å². The molecule has 0 bridgehead atoms. The second-order valence-electron chi connectivity index (χ2n) is 4.74. The maximum absolute atomic E-state index is 13.1. The van der Waals surface area contributed by atoms with Crippen LogP contribution in [0.2, 0.25) is 0 Å². The molecule has 0 unspecified atom stereocenters. The number of nitrogens with one attached hydrogen (secondary N) is 1. The molecule has 3 heterocycles. The van der Waals surface area contributed by atoms with Gasteiger partial charge in [0.25, 0.3) is 5.56 Å². The number of H-pyrrole nitrogens is 1. The van der Waals surface area contributed by atoms with Crippen LogP contribution in [-0.4, -0.2) is 55.2 Å². The van der Waals surface area contributed by atoms with E-state index in [2.05, 4.69) is 15.0 Å². The van der Waals surface area contributed by atoms with Crippen molar-refractivity contribution < 1.29 is 24.4 Å². The number of hydrogen-bond donors (Lipinski definition) is 4. The van der Waals surface area contributed by atoms with Gasteiger partial charge in [0.15, 0.2) is 5.65 Å². The lowest BCUT2D eigenvalue weighted by atomic mass is 10.0. The van der Waals surface area contributed by atoms with E-state index < -0.39 is 42.5 Å². The minimum atomic E-state index is -1.39. The monoisotopic (exact) mass is 297 g/mol. The largest absolute Gasteiger partial charge is 0.394 e. The number of hydrogen-bond acceptors (Lipinski definition) is 7. The Hall–Kier alpha value is -1.94. The third-order valence-electron chi connectivity index (χ3n) is 3.41. The molecule has 8 nitrogen and oxygen atoms in total. The molecule has 4 N–H and O–H groups in total.